The number of carbonyl (C=O) groups excluding carboxylic acids is 3. The number of benzene rings is 2. The molecule has 12 heteroatoms. The Morgan fingerprint density at radius 2 is 1.65 bits per heavy atom. The number of hydrogen-bond acceptors (Lipinski definition) is 6. The third-order valence-corrected chi connectivity index (χ3v) is 6.27. The molecule has 0 saturated carbocycles. The van der Waals surface area contributed by atoms with E-state index in [2.05, 4.69) is 15.6 Å². The van der Waals surface area contributed by atoms with Gasteiger partial charge in [0.2, 0.25) is 11.8 Å². The number of carbonyl (C=O) groups is 3. The molecule has 4 N–H and O–H groups in total. The number of nitrogens with zero attached hydrogens (tertiary/aromatic N) is 3. The van der Waals surface area contributed by atoms with Gasteiger partial charge in [-0.05, 0) is 31.4 Å². The maximum absolute atomic E-state index is 13.2. The molecule has 1 saturated heterocycles. The second-order valence-corrected chi connectivity index (χ2v) is 9.94. The Balaban J connectivity index is 0.00000280. The van der Waals surface area contributed by atoms with Crippen LogP contribution >= 0.6 is 24.8 Å². The average molecular weight is 592 g/mol. The fourth-order valence-corrected chi connectivity index (χ4v) is 3.94. The molecular weight excluding hydrogens is 555 g/mol. The van der Waals surface area contributed by atoms with E-state index in [-0.39, 0.29) is 49.8 Å². The summed E-state index contributed by atoms with van der Waals surface area (Å²) < 4.78 is 7.43. The minimum absolute atomic E-state index is 0. The molecule has 0 aliphatic carbocycles. The Morgan fingerprint density at radius 3 is 2.23 bits per heavy atom. The predicted molar refractivity (Wildman–Crippen MR) is 157 cm³/mol. The van der Waals surface area contributed by atoms with Gasteiger partial charge in [0.25, 0.3) is 5.91 Å². The van der Waals surface area contributed by atoms with Gasteiger partial charge in [0, 0.05) is 19.3 Å². The van der Waals surface area contributed by atoms with Gasteiger partial charge in [-0.2, -0.15) is 0 Å². The molecule has 4 rings (SSSR count). The summed E-state index contributed by atoms with van der Waals surface area (Å²) >= 11 is 0. The number of nitrogens with one attached hydrogen (secondary N) is 2. The Morgan fingerprint density at radius 1 is 1.02 bits per heavy atom. The molecule has 0 spiro atoms. The van der Waals surface area contributed by atoms with E-state index in [9.17, 15) is 14.4 Å². The van der Waals surface area contributed by atoms with Gasteiger partial charge in [0.1, 0.15) is 12.1 Å². The van der Waals surface area contributed by atoms with Crippen molar-refractivity contribution in [3.05, 3.63) is 84.3 Å². The molecular formula is C28H36Cl2N6O4. The third kappa shape index (κ3) is 8.53. The van der Waals surface area contributed by atoms with Crippen LogP contribution in [0.5, 0.6) is 0 Å². The SMILES string of the molecule is CC(C)(N)C(=O)N[C@H](COCc1ccccc1)C(=O)Nc1cn(C(C(=O)N2CCC2)c2ccccc2)cn1.Cl.Cl. The lowest BCUT2D eigenvalue weighted by Crippen LogP contribution is -2.56. The molecule has 40 heavy (non-hydrogen) atoms. The first kappa shape index (κ1) is 32.8. The van der Waals surface area contributed by atoms with Gasteiger partial charge in [0.05, 0.1) is 25.1 Å². The Bertz CT molecular complexity index is 1250. The molecule has 10 nitrogen and oxygen atoms in total. The van der Waals surface area contributed by atoms with E-state index in [1.165, 1.54) is 6.33 Å². The van der Waals surface area contributed by atoms with Crippen molar-refractivity contribution < 1.29 is 19.1 Å². The van der Waals surface area contributed by atoms with Gasteiger partial charge in [-0.3, -0.25) is 14.4 Å². The zero-order valence-corrected chi connectivity index (χ0v) is 24.1. The van der Waals surface area contributed by atoms with Crippen LogP contribution in [-0.4, -0.2) is 63.4 Å². The summed E-state index contributed by atoms with van der Waals surface area (Å²) in [7, 11) is 0. The lowest BCUT2D eigenvalue weighted by Gasteiger charge is -2.34. The largest absolute Gasteiger partial charge is 0.374 e. The summed E-state index contributed by atoms with van der Waals surface area (Å²) in [5, 5.41) is 5.41. The number of hydrogen-bond donors (Lipinski definition) is 3. The standard InChI is InChI=1S/C28H34N6O4.2ClH/c1-28(2,29)27(37)31-22(18-38-17-20-10-5-3-6-11-20)25(35)32-23-16-34(19-30-23)24(21-12-7-4-8-13-21)26(36)33-14-9-15-33;;/h3-8,10-13,16,19,22,24H,9,14-15,17-18,29H2,1-2H3,(H,31,37)(H,32,35);2*1H/t22-,24?;;/m1../s1. The molecule has 2 atom stereocenters. The average Bonchev–Trinajstić information content (AvgIpc) is 3.30. The Kier molecular flexibility index (Phi) is 12.1. The van der Waals surface area contributed by atoms with Crippen LogP contribution in [0.3, 0.4) is 0 Å². The van der Waals surface area contributed by atoms with Crippen molar-refractivity contribution in [2.45, 2.75) is 44.5 Å². The maximum Gasteiger partial charge on any atom is 0.250 e. The second-order valence-electron chi connectivity index (χ2n) is 9.94. The number of nitrogens with two attached hydrogens (primary N) is 1. The lowest BCUT2D eigenvalue weighted by atomic mass is 10.0. The van der Waals surface area contributed by atoms with Crippen LogP contribution in [0.4, 0.5) is 5.82 Å². The third-order valence-electron chi connectivity index (χ3n) is 6.27. The molecule has 2 heterocycles. The van der Waals surface area contributed by atoms with Crippen molar-refractivity contribution in [1.29, 1.82) is 0 Å². The molecule has 3 amide bonds. The zero-order valence-electron chi connectivity index (χ0n) is 22.5. The normalized spacial score (nSPS) is 14.0. The van der Waals surface area contributed by atoms with Crippen LogP contribution in [0.2, 0.25) is 0 Å². The van der Waals surface area contributed by atoms with Crippen molar-refractivity contribution in [2.75, 3.05) is 25.0 Å². The van der Waals surface area contributed by atoms with Crippen molar-refractivity contribution in [3.63, 3.8) is 0 Å². The van der Waals surface area contributed by atoms with E-state index in [4.69, 9.17) is 10.5 Å². The van der Waals surface area contributed by atoms with E-state index in [0.29, 0.717) is 0 Å². The van der Waals surface area contributed by atoms with E-state index in [0.717, 1.165) is 30.6 Å². The molecule has 216 valence electrons. The van der Waals surface area contributed by atoms with Gasteiger partial charge >= 0.3 is 0 Å². The summed E-state index contributed by atoms with van der Waals surface area (Å²) in [6.45, 7) is 4.78. The highest BCUT2D eigenvalue weighted by Gasteiger charge is 2.32. The minimum atomic E-state index is -1.18. The van der Waals surface area contributed by atoms with Crippen LogP contribution in [0.1, 0.15) is 37.4 Å². The second kappa shape index (κ2) is 14.8. The molecule has 1 aliphatic rings. The smallest absolute Gasteiger partial charge is 0.250 e. The van der Waals surface area contributed by atoms with Crippen molar-refractivity contribution in [2.24, 2.45) is 5.73 Å². The number of anilines is 1. The predicted octanol–water partition coefficient (Wildman–Crippen LogP) is 2.93. The summed E-state index contributed by atoms with van der Waals surface area (Å²) in [6.07, 6.45) is 4.12. The van der Waals surface area contributed by atoms with Gasteiger partial charge in [-0.25, -0.2) is 4.98 Å². The minimum Gasteiger partial charge on any atom is -0.374 e. The molecule has 1 aliphatic heterocycles. The summed E-state index contributed by atoms with van der Waals surface area (Å²) in [4.78, 5) is 45.1. The van der Waals surface area contributed by atoms with Gasteiger partial charge in [-0.1, -0.05) is 60.7 Å². The maximum atomic E-state index is 13.2. The number of imidazole rings is 1. The quantitative estimate of drug-likeness (QED) is 0.314. The van der Waals surface area contributed by atoms with E-state index in [1.54, 1.807) is 29.5 Å². The van der Waals surface area contributed by atoms with Gasteiger partial charge < -0.3 is 30.6 Å². The first-order chi connectivity index (χ1) is 18.2. The Hall–Kier alpha value is -3.44. The molecule has 1 unspecified atom stereocenters. The molecule has 2 aromatic carbocycles. The molecule has 1 fully saturated rings. The number of amides is 3. The molecule has 1 aromatic heterocycles. The number of rotatable bonds is 11. The van der Waals surface area contributed by atoms with Crippen LogP contribution in [0.25, 0.3) is 0 Å². The van der Waals surface area contributed by atoms with E-state index >= 15 is 0 Å². The summed E-state index contributed by atoms with van der Waals surface area (Å²) in [6, 6.07) is 17.4. The van der Waals surface area contributed by atoms with Gasteiger partial charge in [0.15, 0.2) is 5.82 Å². The number of ether oxygens (including phenoxy) is 1. The Labute approximate surface area is 246 Å². The van der Waals surface area contributed by atoms with Crippen LogP contribution in [0.15, 0.2) is 73.2 Å². The topological polar surface area (TPSA) is 132 Å². The van der Waals surface area contributed by atoms with Crippen LogP contribution < -0.4 is 16.4 Å². The number of halogens is 2. The fraction of sp³-hybridized carbons (Fsp3) is 0.357. The summed E-state index contributed by atoms with van der Waals surface area (Å²) in [5.41, 5.74) is 6.51. The highest BCUT2D eigenvalue weighted by atomic mass is 35.5. The highest BCUT2D eigenvalue weighted by Crippen LogP contribution is 2.24. The molecule has 3 aromatic rings. The van der Waals surface area contributed by atoms with Crippen molar-refractivity contribution >= 4 is 48.4 Å². The lowest BCUT2D eigenvalue weighted by molar-refractivity contribution is -0.137. The first-order valence-corrected chi connectivity index (χ1v) is 12.6. The molecule has 0 bridgehead atoms. The van der Waals surface area contributed by atoms with Crippen molar-refractivity contribution in [1.82, 2.24) is 19.8 Å². The summed E-state index contributed by atoms with van der Waals surface area (Å²) in [5.74, 6) is -0.772. The van der Waals surface area contributed by atoms with E-state index in [1.807, 2.05) is 60.7 Å². The zero-order chi connectivity index (χ0) is 27.1. The number of likely N-dealkylation sites (tertiary alicyclic amines) is 1. The van der Waals surface area contributed by atoms with E-state index < -0.39 is 29.4 Å². The van der Waals surface area contributed by atoms with Crippen molar-refractivity contribution in [3.8, 4) is 0 Å². The molecule has 0 radical (unpaired) electrons. The van der Waals surface area contributed by atoms with Crippen LogP contribution in [-0.2, 0) is 25.7 Å². The number of aromatic nitrogens is 2. The fourth-order valence-electron chi connectivity index (χ4n) is 3.94. The van der Waals surface area contributed by atoms with Crippen LogP contribution in [0, 0.1) is 0 Å². The highest BCUT2D eigenvalue weighted by molar-refractivity contribution is 5.98. The van der Waals surface area contributed by atoms with Gasteiger partial charge in [-0.15, -0.1) is 24.8 Å². The first-order valence-electron chi connectivity index (χ1n) is 12.6. The monoisotopic (exact) mass is 590 g/mol.